The van der Waals surface area contributed by atoms with E-state index in [0.29, 0.717) is 11.4 Å². The monoisotopic (exact) mass is 503 g/mol. The molecule has 0 radical (unpaired) electrons. The van der Waals surface area contributed by atoms with Crippen molar-refractivity contribution < 1.29 is 5.11 Å². The summed E-state index contributed by atoms with van der Waals surface area (Å²) in [5.41, 5.74) is 5.10. The Kier molecular flexibility index (Phi) is 5.58. The van der Waals surface area contributed by atoms with Gasteiger partial charge in [-0.05, 0) is 60.5 Å². The molecule has 1 N–H and O–H groups in total. The number of nitrogens with zero attached hydrogens (tertiary/aromatic N) is 1. The summed E-state index contributed by atoms with van der Waals surface area (Å²) in [6.07, 6.45) is 0.525. The minimum Gasteiger partial charge on any atom is -0.380 e. The van der Waals surface area contributed by atoms with Crippen molar-refractivity contribution >= 4 is 38.9 Å². The number of halogens is 2. The van der Waals surface area contributed by atoms with Gasteiger partial charge in [-0.3, -0.25) is 0 Å². The molecule has 2 nitrogen and oxygen atoms in total. The summed E-state index contributed by atoms with van der Waals surface area (Å²) in [6.45, 7) is 2.09. The Bertz CT molecular complexity index is 1240. The second-order valence-electron chi connectivity index (χ2n) is 8.36. The molecule has 1 heterocycles. The van der Waals surface area contributed by atoms with Crippen LogP contribution >= 0.6 is 27.5 Å². The van der Waals surface area contributed by atoms with Crippen LogP contribution in [0.1, 0.15) is 34.7 Å². The molecule has 2 atom stereocenters. The fraction of sp³-hybridized carbons (Fsp3) is 0.143. The van der Waals surface area contributed by atoms with Crippen LogP contribution in [0, 0.1) is 6.92 Å². The molecule has 0 aliphatic carbocycles. The summed E-state index contributed by atoms with van der Waals surface area (Å²) < 4.78 is 0.992. The molecule has 0 aromatic heterocycles. The van der Waals surface area contributed by atoms with E-state index in [2.05, 4.69) is 58.1 Å². The minimum atomic E-state index is -1.12. The molecule has 0 fully saturated rings. The zero-order valence-corrected chi connectivity index (χ0v) is 20.0. The van der Waals surface area contributed by atoms with Crippen molar-refractivity contribution in [1.82, 2.24) is 0 Å². The number of hydrogen-bond acceptors (Lipinski definition) is 2. The summed E-state index contributed by atoms with van der Waals surface area (Å²) in [7, 11) is 0. The third-order valence-electron chi connectivity index (χ3n) is 6.30. The van der Waals surface area contributed by atoms with Crippen LogP contribution in [-0.2, 0) is 5.60 Å². The topological polar surface area (TPSA) is 23.5 Å². The molecule has 4 aromatic carbocycles. The van der Waals surface area contributed by atoms with Crippen LogP contribution in [0.2, 0.25) is 5.02 Å². The highest BCUT2D eigenvalue weighted by Crippen LogP contribution is 2.52. The number of aryl methyl sites for hydroxylation is 1. The lowest BCUT2D eigenvalue weighted by Crippen LogP contribution is -2.41. The first-order chi connectivity index (χ1) is 15.5. The number of aliphatic hydroxyl groups is 1. The summed E-state index contributed by atoms with van der Waals surface area (Å²) in [5.74, 6) is 0. The van der Waals surface area contributed by atoms with Crippen molar-refractivity contribution in [2.24, 2.45) is 0 Å². The van der Waals surface area contributed by atoms with Gasteiger partial charge in [-0.15, -0.1) is 0 Å². The molecule has 0 amide bonds. The summed E-state index contributed by atoms with van der Waals surface area (Å²) in [6, 6.07) is 32.6. The van der Waals surface area contributed by atoms with Crippen LogP contribution in [0.4, 0.5) is 11.4 Å². The molecule has 0 bridgehead atoms. The van der Waals surface area contributed by atoms with E-state index in [4.69, 9.17) is 11.6 Å². The summed E-state index contributed by atoms with van der Waals surface area (Å²) >= 11 is 9.72. The Morgan fingerprint density at radius 2 is 1.53 bits per heavy atom. The van der Waals surface area contributed by atoms with Gasteiger partial charge in [0.1, 0.15) is 5.60 Å². The molecule has 1 aliphatic rings. The normalized spacial score (nSPS) is 20.1. The third kappa shape index (κ3) is 3.75. The Balaban J connectivity index is 1.74. The Labute approximate surface area is 202 Å². The first kappa shape index (κ1) is 21.3. The van der Waals surface area contributed by atoms with Gasteiger partial charge in [-0.2, -0.15) is 0 Å². The third-order valence-corrected chi connectivity index (χ3v) is 7.08. The molecular formula is C28H23BrClNO. The van der Waals surface area contributed by atoms with Gasteiger partial charge in [0.25, 0.3) is 0 Å². The van der Waals surface area contributed by atoms with Gasteiger partial charge in [-0.25, -0.2) is 0 Å². The van der Waals surface area contributed by atoms with E-state index in [1.165, 1.54) is 5.56 Å². The van der Waals surface area contributed by atoms with Crippen LogP contribution in [0.3, 0.4) is 0 Å². The van der Waals surface area contributed by atoms with Crippen molar-refractivity contribution in [2.45, 2.75) is 25.0 Å². The van der Waals surface area contributed by atoms with E-state index in [0.717, 1.165) is 32.5 Å². The van der Waals surface area contributed by atoms with Crippen molar-refractivity contribution in [3.63, 3.8) is 0 Å². The number of hydrogen-bond donors (Lipinski definition) is 1. The highest BCUT2D eigenvalue weighted by Gasteiger charge is 2.44. The molecule has 5 rings (SSSR count). The zero-order chi connectivity index (χ0) is 22.3. The first-order valence-corrected chi connectivity index (χ1v) is 11.8. The molecule has 0 saturated heterocycles. The largest absolute Gasteiger partial charge is 0.380 e. The molecule has 32 heavy (non-hydrogen) atoms. The van der Waals surface area contributed by atoms with Gasteiger partial charge in [-0.1, -0.05) is 87.7 Å². The average Bonchev–Trinajstić information content (AvgIpc) is 2.81. The highest BCUT2D eigenvalue weighted by molar-refractivity contribution is 9.10. The average molecular weight is 505 g/mol. The maximum absolute atomic E-state index is 12.2. The SMILES string of the molecule is Cc1ccc([C@H]2C[C@@](O)(c3ccc(Br)cc3)c3ccccc3N2c2ccc(Cl)cc2)cc1. The summed E-state index contributed by atoms with van der Waals surface area (Å²) in [5, 5.41) is 12.9. The van der Waals surface area contributed by atoms with Crippen LogP contribution in [0.15, 0.2) is 102 Å². The van der Waals surface area contributed by atoms with E-state index in [1.54, 1.807) is 0 Å². The van der Waals surface area contributed by atoms with Crippen molar-refractivity contribution in [2.75, 3.05) is 4.90 Å². The van der Waals surface area contributed by atoms with Crippen molar-refractivity contribution in [3.8, 4) is 0 Å². The maximum atomic E-state index is 12.2. The van der Waals surface area contributed by atoms with Gasteiger partial charge in [0.05, 0.1) is 6.04 Å². The van der Waals surface area contributed by atoms with Gasteiger partial charge >= 0.3 is 0 Å². The highest BCUT2D eigenvalue weighted by atomic mass is 79.9. The minimum absolute atomic E-state index is 0.0553. The standard InChI is InChI=1S/C28H23BrClNO/c1-19-6-8-20(9-7-19)27-18-28(32,21-10-12-22(29)13-11-21)25-4-2-3-5-26(25)31(27)24-16-14-23(30)15-17-24/h2-17,27,32H,18H2,1H3/t27-,28-/m1/s1. The molecule has 0 saturated carbocycles. The van der Waals surface area contributed by atoms with E-state index < -0.39 is 5.60 Å². The smallest absolute Gasteiger partial charge is 0.119 e. The predicted octanol–water partition coefficient (Wildman–Crippen LogP) is 7.93. The van der Waals surface area contributed by atoms with E-state index in [-0.39, 0.29) is 6.04 Å². The summed E-state index contributed by atoms with van der Waals surface area (Å²) in [4.78, 5) is 2.32. The number of anilines is 2. The van der Waals surface area contributed by atoms with Gasteiger partial charge < -0.3 is 10.0 Å². The molecule has 0 spiro atoms. The quantitative estimate of drug-likeness (QED) is 0.306. The van der Waals surface area contributed by atoms with E-state index in [1.807, 2.05) is 66.7 Å². The number of para-hydroxylation sites is 1. The number of fused-ring (bicyclic) bond motifs is 1. The van der Waals surface area contributed by atoms with Crippen LogP contribution < -0.4 is 4.90 Å². The Morgan fingerprint density at radius 1 is 0.875 bits per heavy atom. The fourth-order valence-electron chi connectivity index (χ4n) is 4.66. The molecule has 4 aromatic rings. The lowest BCUT2D eigenvalue weighted by Gasteiger charge is -2.47. The second kappa shape index (κ2) is 8.40. The zero-order valence-electron chi connectivity index (χ0n) is 17.7. The predicted molar refractivity (Wildman–Crippen MR) is 136 cm³/mol. The van der Waals surface area contributed by atoms with E-state index >= 15 is 0 Å². The molecule has 4 heteroatoms. The Morgan fingerprint density at radius 3 is 2.22 bits per heavy atom. The Hall–Kier alpha value is -2.59. The molecule has 1 aliphatic heterocycles. The number of benzene rings is 4. The number of rotatable bonds is 3. The van der Waals surface area contributed by atoms with Gasteiger partial charge in [0.15, 0.2) is 0 Å². The fourth-order valence-corrected chi connectivity index (χ4v) is 5.05. The molecular weight excluding hydrogens is 482 g/mol. The second-order valence-corrected chi connectivity index (χ2v) is 9.71. The van der Waals surface area contributed by atoms with Crippen LogP contribution in [0.5, 0.6) is 0 Å². The lowest BCUT2D eigenvalue weighted by atomic mass is 9.75. The van der Waals surface area contributed by atoms with Crippen molar-refractivity contribution in [3.05, 3.63) is 129 Å². The van der Waals surface area contributed by atoms with Gasteiger partial charge in [0, 0.05) is 32.9 Å². The lowest BCUT2D eigenvalue weighted by molar-refractivity contribution is 0.0578. The van der Waals surface area contributed by atoms with Crippen LogP contribution in [-0.4, -0.2) is 5.11 Å². The van der Waals surface area contributed by atoms with Gasteiger partial charge in [0.2, 0.25) is 0 Å². The molecule has 0 unspecified atom stereocenters. The maximum Gasteiger partial charge on any atom is 0.119 e. The van der Waals surface area contributed by atoms with Crippen molar-refractivity contribution in [1.29, 1.82) is 0 Å². The molecule has 160 valence electrons. The van der Waals surface area contributed by atoms with Crippen LogP contribution in [0.25, 0.3) is 0 Å². The first-order valence-electron chi connectivity index (χ1n) is 10.6. The van der Waals surface area contributed by atoms with E-state index in [9.17, 15) is 5.11 Å².